The smallest absolute Gasteiger partial charge is 0.225 e. The summed E-state index contributed by atoms with van der Waals surface area (Å²) in [4.78, 5) is 16.0. The minimum Gasteiger partial charge on any atom is -0.370 e. The quantitative estimate of drug-likeness (QED) is 0.424. The molecule has 1 fully saturated rings. The fourth-order valence-electron chi connectivity index (χ4n) is 1.77. The highest BCUT2D eigenvalue weighted by atomic mass is 15.4. The summed E-state index contributed by atoms with van der Waals surface area (Å²) < 4.78 is 0. The maximum Gasteiger partial charge on any atom is 0.225 e. The van der Waals surface area contributed by atoms with E-state index in [2.05, 4.69) is 19.9 Å². The third kappa shape index (κ3) is 2.84. The SMILES string of the molecule is N=C(N=C(N)N)N1CCN(c2ncccn2)CC1. The Balaban J connectivity index is 1.93. The Morgan fingerprint density at radius 2 is 1.78 bits per heavy atom. The van der Waals surface area contributed by atoms with Gasteiger partial charge >= 0.3 is 0 Å². The third-order valence-electron chi connectivity index (χ3n) is 2.65. The molecule has 1 aromatic heterocycles. The Bertz CT molecular complexity index is 430. The molecule has 1 saturated heterocycles. The number of piperazine rings is 1. The number of guanidine groups is 2. The van der Waals surface area contributed by atoms with Gasteiger partial charge in [0.05, 0.1) is 0 Å². The van der Waals surface area contributed by atoms with Crippen molar-refractivity contribution in [2.75, 3.05) is 31.1 Å². The van der Waals surface area contributed by atoms with E-state index in [1.807, 2.05) is 4.90 Å². The van der Waals surface area contributed by atoms with Crippen LogP contribution in [0.1, 0.15) is 0 Å². The van der Waals surface area contributed by atoms with Gasteiger partial charge in [-0.2, -0.15) is 4.99 Å². The highest BCUT2D eigenvalue weighted by molar-refractivity contribution is 5.91. The molecule has 0 saturated carbocycles. The second kappa shape index (κ2) is 5.30. The van der Waals surface area contributed by atoms with Crippen molar-refractivity contribution >= 4 is 17.9 Å². The van der Waals surface area contributed by atoms with Gasteiger partial charge in [0.15, 0.2) is 5.96 Å². The van der Waals surface area contributed by atoms with Crippen molar-refractivity contribution in [1.29, 1.82) is 5.41 Å². The van der Waals surface area contributed by atoms with Gasteiger partial charge in [-0.15, -0.1) is 0 Å². The first-order valence-electron chi connectivity index (χ1n) is 5.62. The first-order chi connectivity index (χ1) is 8.66. The second-order valence-corrected chi connectivity index (χ2v) is 3.88. The molecule has 96 valence electrons. The van der Waals surface area contributed by atoms with Crippen molar-refractivity contribution in [1.82, 2.24) is 14.9 Å². The van der Waals surface area contributed by atoms with E-state index in [4.69, 9.17) is 16.9 Å². The van der Waals surface area contributed by atoms with Gasteiger partial charge in [-0.05, 0) is 6.07 Å². The Morgan fingerprint density at radius 1 is 1.17 bits per heavy atom. The molecule has 0 radical (unpaired) electrons. The lowest BCUT2D eigenvalue weighted by molar-refractivity contribution is 0.377. The van der Waals surface area contributed by atoms with Gasteiger partial charge in [-0.1, -0.05) is 0 Å². The topological polar surface area (TPSA) is 121 Å². The molecule has 2 heterocycles. The summed E-state index contributed by atoms with van der Waals surface area (Å²) in [5.41, 5.74) is 10.5. The normalized spacial score (nSPS) is 15.3. The van der Waals surface area contributed by atoms with Crippen molar-refractivity contribution in [3.63, 3.8) is 0 Å². The highest BCUT2D eigenvalue weighted by Gasteiger charge is 2.20. The number of aliphatic imine (C=N–C) groups is 1. The molecule has 5 N–H and O–H groups in total. The van der Waals surface area contributed by atoms with Gasteiger partial charge in [0.25, 0.3) is 0 Å². The Morgan fingerprint density at radius 3 is 2.33 bits per heavy atom. The van der Waals surface area contributed by atoms with Gasteiger partial charge in [0.1, 0.15) is 0 Å². The van der Waals surface area contributed by atoms with Crippen LogP contribution in [0.15, 0.2) is 23.5 Å². The predicted octanol–water partition coefficient (Wildman–Crippen LogP) is -1.19. The summed E-state index contributed by atoms with van der Waals surface area (Å²) in [5, 5.41) is 7.71. The van der Waals surface area contributed by atoms with Gasteiger partial charge < -0.3 is 21.3 Å². The summed E-state index contributed by atoms with van der Waals surface area (Å²) in [5.74, 6) is 0.725. The lowest BCUT2D eigenvalue weighted by atomic mass is 10.3. The van der Waals surface area contributed by atoms with E-state index in [0.717, 1.165) is 13.1 Å². The van der Waals surface area contributed by atoms with Crippen LogP contribution in [-0.2, 0) is 0 Å². The van der Waals surface area contributed by atoms with Crippen LogP contribution < -0.4 is 16.4 Å². The van der Waals surface area contributed by atoms with Crippen molar-refractivity contribution in [2.24, 2.45) is 16.5 Å². The fourth-order valence-corrected chi connectivity index (χ4v) is 1.77. The molecule has 18 heavy (non-hydrogen) atoms. The van der Waals surface area contributed by atoms with E-state index in [1.165, 1.54) is 0 Å². The minimum atomic E-state index is -0.0891. The number of nitrogens with one attached hydrogen (secondary N) is 1. The van der Waals surface area contributed by atoms with Crippen LogP contribution in [-0.4, -0.2) is 53.0 Å². The molecule has 0 atom stereocenters. The first kappa shape index (κ1) is 12.1. The van der Waals surface area contributed by atoms with Crippen LogP contribution in [0.4, 0.5) is 5.95 Å². The van der Waals surface area contributed by atoms with Crippen molar-refractivity contribution in [3.05, 3.63) is 18.5 Å². The van der Waals surface area contributed by atoms with Crippen LogP contribution in [0, 0.1) is 5.41 Å². The predicted molar refractivity (Wildman–Crippen MR) is 69.4 cm³/mol. The summed E-state index contributed by atoms with van der Waals surface area (Å²) in [6.45, 7) is 2.83. The van der Waals surface area contributed by atoms with Gasteiger partial charge in [0, 0.05) is 38.6 Å². The molecule has 0 spiro atoms. The van der Waals surface area contributed by atoms with Crippen LogP contribution in [0.5, 0.6) is 0 Å². The summed E-state index contributed by atoms with van der Waals surface area (Å²) in [7, 11) is 0. The van der Waals surface area contributed by atoms with Gasteiger partial charge in [-0.25, -0.2) is 9.97 Å². The van der Waals surface area contributed by atoms with Crippen LogP contribution >= 0.6 is 0 Å². The first-order valence-corrected chi connectivity index (χ1v) is 5.62. The molecular weight excluding hydrogens is 232 g/mol. The van der Waals surface area contributed by atoms with Gasteiger partial charge in [0.2, 0.25) is 11.9 Å². The molecule has 0 aromatic carbocycles. The molecule has 8 nitrogen and oxygen atoms in total. The number of nitrogens with zero attached hydrogens (tertiary/aromatic N) is 5. The summed E-state index contributed by atoms with van der Waals surface area (Å²) >= 11 is 0. The van der Waals surface area contributed by atoms with Crippen LogP contribution in [0.25, 0.3) is 0 Å². The molecular formula is C10H16N8. The standard InChI is InChI=1S/C10H16N8/c11-8(12)16-9(13)17-4-6-18(7-5-17)10-14-2-1-3-15-10/h1-3H,4-7H2,(H5,11,12,13,16). The van der Waals surface area contributed by atoms with Crippen molar-refractivity contribution in [2.45, 2.75) is 0 Å². The molecule has 1 aliphatic rings. The van der Waals surface area contributed by atoms with Gasteiger partial charge in [-0.3, -0.25) is 5.41 Å². The zero-order chi connectivity index (χ0) is 13.0. The van der Waals surface area contributed by atoms with E-state index in [0.29, 0.717) is 19.0 Å². The molecule has 1 aromatic rings. The van der Waals surface area contributed by atoms with Crippen molar-refractivity contribution in [3.8, 4) is 0 Å². The largest absolute Gasteiger partial charge is 0.370 e. The highest BCUT2D eigenvalue weighted by Crippen LogP contribution is 2.09. The molecule has 0 aliphatic carbocycles. The van der Waals surface area contributed by atoms with E-state index in [-0.39, 0.29) is 11.9 Å². The van der Waals surface area contributed by atoms with E-state index in [1.54, 1.807) is 18.5 Å². The number of hydrogen-bond acceptors (Lipinski definition) is 4. The zero-order valence-electron chi connectivity index (χ0n) is 9.95. The third-order valence-corrected chi connectivity index (χ3v) is 2.65. The number of anilines is 1. The molecule has 0 unspecified atom stereocenters. The molecule has 0 bridgehead atoms. The number of nitrogens with two attached hydrogens (primary N) is 2. The average Bonchev–Trinajstić information content (AvgIpc) is 2.39. The lowest BCUT2D eigenvalue weighted by Gasteiger charge is -2.34. The maximum atomic E-state index is 7.71. The molecule has 1 aliphatic heterocycles. The van der Waals surface area contributed by atoms with Crippen LogP contribution in [0.2, 0.25) is 0 Å². The fraction of sp³-hybridized carbons (Fsp3) is 0.400. The van der Waals surface area contributed by atoms with E-state index < -0.39 is 0 Å². The minimum absolute atomic E-state index is 0.0891. The number of rotatable bonds is 1. The maximum absolute atomic E-state index is 7.71. The van der Waals surface area contributed by atoms with Crippen molar-refractivity contribution < 1.29 is 0 Å². The Kier molecular flexibility index (Phi) is 3.56. The zero-order valence-corrected chi connectivity index (χ0v) is 9.95. The lowest BCUT2D eigenvalue weighted by Crippen LogP contribution is -2.49. The number of aromatic nitrogens is 2. The van der Waals surface area contributed by atoms with Crippen LogP contribution in [0.3, 0.4) is 0 Å². The summed E-state index contributed by atoms with van der Waals surface area (Å²) in [6.07, 6.45) is 3.44. The second-order valence-electron chi connectivity index (χ2n) is 3.88. The monoisotopic (exact) mass is 248 g/mol. The summed E-state index contributed by atoms with van der Waals surface area (Å²) in [6, 6.07) is 1.79. The van der Waals surface area contributed by atoms with E-state index in [9.17, 15) is 0 Å². The molecule has 8 heteroatoms. The number of hydrogen-bond donors (Lipinski definition) is 3. The van der Waals surface area contributed by atoms with E-state index >= 15 is 0 Å². The molecule has 0 amide bonds. The Hall–Kier alpha value is -2.38. The molecule has 2 rings (SSSR count). The Labute approximate surface area is 105 Å². The average molecular weight is 248 g/mol.